The Morgan fingerprint density at radius 3 is 2.96 bits per heavy atom. The molecule has 0 bridgehead atoms. The number of aromatic amines is 1. The SMILES string of the molecule is C=CCCC(O)CN(Cc1nc2sc3c(c2c(=O)[nH]1)CCCC3)C1CC1. The Balaban J connectivity index is 1.55. The quantitative estimate of drug-likeness (QED) is 0.698. The molecule has 2 aromatic heterocycles. The first kappa shape index (κ1) is 17.9. The van der Waals surface area contributed by atoms with Crippen molar-refractivity contribution >= 4 is 21.6 Å². The number of hydrogen-bond donors (Lipinski definition) is 2. The number of nitrogens with one attached hydrogen (secondary N) is 1. The lowest BCUT2D eigenvalue weighted by atomic mass is 9.97. The predicted molar refractivity (Wildman–Crippen MR) is 106 cm³/mol. The summed E-state index contributed by atoms with van der Waals surface area (Å²) in [5.74, 6) is 0.726. The molecule has 0 aliphatic heterocycles. The van der Waals surface area contributed by atoms with Gasteiger partial charge in [0, 0.05) is 17.5 Å². The van der Waals surface area contributed by atoms with Gasteiger partial charge < -0.3 is 10.1 Å². The van der Waals surface area contributed by atoms with Crippen molar-refractivity contribution in [3.8, 4) is 0 Å². The van der Waals surface area contributed by atoms with Crippen molar-refractivity contribution in [2.45, 2.75) is 70.1 Å². The monoisotopic (exact) mass is 373 g/mol. The normalized spacial score (nSPS) is 18.2. The van der Waals surface area contributed by atoms with Gasteiger partial charge in [-0.1, -0.05) is 6.08 Å². The van der Waals surface area contributed by atoms with E-state index in [9.17, 15) is 9.90 Å². The second-order valence-electron chi connectivity index (χ2n) is 7.58. The summed E-state index contributed by atoms with van der Waals surface area (Å²) in [5.41, 5.74) is 1.24. The molecule has 5 nitrogen and oxygen atoms in total. The molecule has 1 unspecified atom stereocenters. The number of allylic oxidation sites excluding steroid dienone is 1. The summed E-state index contributed by atoms with van der Waals surface area (Å²) in [6, 6.07) is 0.505. The maximum atomic E-state index is 12.7. The van der Waals surface area contributed by atoms with Crippen LogP contribution in [0.15, 0.2) is 17.4 Å². The van der Waals surface area contributed by atoms with E-state index in [1.165, 1.54) is 16.9 Å². The minimum absolute atomic E-state index is 0.00681. The second kappa shape index (κ2) is 7.62. The van der Waals surface area contributed by atoms with Gasteiger partial charge in [0.2, 0.25) is 0 Å². The third kappa shape index (κ3) is 3.77. The summed E-state index contributed by atoms with van der Waals surface area (Å²) < 4.78 is 0. The minimum atomic E-state index is -0.363. The predicted octanol–water partition coefficient (Wildman–Crippen LogP) is 3.15. The van der Waals surface area contributed by atoms with Crippen molar-refractivity contribution in [2.24, 2.45) is 0 Å². The van der Waals surface area contributed by atoms with Crippen LogP contribution < -0.4 is 5.56 Å². The fourth-order valence-corrected chi connectivity index (χ4v) is 5.21. The van der Waals surface area contributed by atoms with Crippen LogP contribution in [0.3, 0.4) is 0 Å². The molecule has 1 fully saturated rings. The molecule has 0 aromatic carbocycles. The van der Waals surface area contributed by atoms with Gasteiger partial charge in [-0.15, -0.1) is 17.9 Å². The molecule has 0 radical (unpaired) electrons. The number of aryl methyl sites for hydroxylation is 2. The lowest BCUT2D eigenvalue weighted by molar-refractivity contribution is 0.0966. The van der Waals surface area contributed by atoms with Gasteiger partial charge in [-0.3, -0.25) is 9.69 Å². The molecule has 1 saturated carbocycles. The molecule has 2 aliphatic rings. The Kier molecular flexibility index (Phi) is 5.25. The van der Waals surface area contributed by atoms with E-state index in [1.54, 1.807) is 11.3 Å². The van der Waals surface area contributed by atoms with Crippen molar-refractivity contribution in [1.29, 1.82) is 0 Å². The zero-order valence-corrected chi connectivity index (χ0v) is 16.0. The number of fused-ring (bicyclic) bond motifs is 3. The summed E-state index contributed by atoms with van der Waals surface area (Å²) in [7, 11) is 0. The summed E-state index contributed by atoms with van der Waals surface area (Å²) in [6.07, 6.45) is 9.81. The Morgan fingerprint density at radius 1 is 1.38 bits per heavy atom. The number of H-pyrrole nitrogens is 1. The van der Waals surface area contributed by atoms with Gasteiger partial charge in [0.05, 0.1) is 18.0 Å². The largest absolute Gasteiger partial charge is 0.392 e. The average Bonchev–Trinajstić information content (AvgIpc) is 3.39. The summed E-state index contributed by atoms with van der Waals surface area (Å²) in [6.45, 7) is 4.95. The maximum Gasteiger partial charge on any atom is 0.259 e. The summed E-state index contributed by atoms with van der Waals surface area (Å²) in [4.78, 5) is 25.0. The molecular formula is C20H27N3O2S. The third-order valence-electron chi connectivity index (χ3n) is 5.44. The number of hydrogen-bond acceptors (Lipinski definition) is 5. The minimum Gasteiger partial charge on any atom is -0.392 e. The average molecular weight is 374 g/mol. The first-order valence-corrected chi connectivity index (χ1v) is 10.5. The number of aromatic nitrogens is 2. The van der Waals surface area contributed by atoms with Crippen LogP contribution in [-0.2, 0) is 19.4 Å². The molecule has 2 heterocycles. The van der Waals surface area contributed by atoms with Crippen LogP contribution in [0.5, 0.6) is 0 Å². The van der Waals surface area contributed by atoms with Gasteiger partial charge in [-0.05, 0) is 56.9 Å². The van der Waals surface area contributed by atoms with Crippen molar-refractivity contribution in [1.82, 2.24) is 14.9 Å². The highest BCUT2D eigenvalue weighted by Gasteiger charge is 2.31. The highest BCUT2D eigenvalue weighted by molar-refractivity contribution is 7.18. The smallest absolute Gasteiger partial charge is 0.259 e. The molecule has 0 amide bonds. The van der Waals surface area contributed by atoms with Crippen LogP contribution in [0, 0.1) is 0 Å². The molecular weight excluding hydrogens is 346 g/mol. The molecule has 6 heteroatoms. The van der Waals surface area contributed by atoms with Crippen molar-refractivity contribution in [3.63, 3.8) is 0 Å². The fourth-order valence-electron chi connectivity index (χ4n) is 3.93. The van der Waals surface area contributed by atoms with Gasteiger partial charge in [-0.25, -0.2) is 4.98 Å². The lowest BCUT2D eigenvalue weighted by Gasteiger charge is -2.24. The van der Waals surface area contributed by atoms with Crippen molar-refractivity contribution < 1.29 is 5.11 Å². The molecule has 0 spiro atoms. The zero-order chi connectivity index (χ0) is 18.1. The zero-order valence-electron chi connectivity index (χ0n) is 15.2. The Bertz CT molecular complexity index is 853. The maximum absolute atomic E-state index is 12.7. The standard InChI is InChI=1S/C20H27N3O2S/c1-2-3-6-14(24)11-23(13-9-10-13)12-17-21-19(25)18-15-7-4-5-8-16(15)26-20(18)22-17/h2,13-14,24H,1,3-12H2,(H,21,22,25). The summed E-state index contributed by atoms with van der Waals surface area (Å²) in [5, 5.41) is 11.1. The second-order valence-corrected chi connectivity index (χ2v) is 8.67. The number of nitrogens with zero attached hydrogens (tertiary/aromatic N) is 2. The van der Waals surface area contributed by atoms with Crippen LogP contribution in [-0.4, -0.2) is 38.7 Å². The van der Waals surface area contributed by atoms with Gasteiger partial charge in [0.25, 0.3) is 5.56 Å². The third-order valence-corrected chi connectivity index (χ3v) is 6.63. The van der Waals surface area contributed by atoms with Crippen LogP contribution in [0.4, 0.5) is 0 Å². The number of aliphatic hydroxyl groups is 1. The van der Waals surface area contributed by atoms with Crippen molar-refractivity contribution in [2.75, 3.05) is 6.54 Å². The first-order valence-electron chi connectivity index (χ1n) is 9.72. The lowest BCUT2D eigenvalue weighted by Crippen LogP contribution is -2.35. The first-order chi connectivity index (χ1) is 12.7. The Labute approximate surface area is 157 Å². The van der Waals surface area contributed by atoms with E-state index in [0.717, 1.165) is 61.0 Å². The Hall–Kier alpha value is -1.50. The van der Waals surface area contributed by atoms with Gasteiger partial charge in [-0.2, -0.15) is 0 Å². The molecule has 2 aromatic rings. The summed E-state index contributed by atoms with van der Waals surface area (Å²) >= 11 is 1.69. The molecule has 140 valence electrons. The van der Waals surface area contributed by atoms with Crippen LogP contribution in [0.1, 0.15) is 54.8 Å². The van der Waals surface area contributed by atoms with Gasteiger partial charge in [0.1, 0.15) is 10.7 Å². The highest BCUT2D eigenvalue weighted by atomic mass is 32.1. The van der Waals surface area contributed by atoms with Crippen LogP contribution in [0.25, 0.3) is 10.2 Å². The number of rotatable bonds is 8. The van der Waals surface area contributed by atoms with E-state index < -0.39 is 0 Å². The van der Waals surface area contributed by atoms with E-state index in [2.05, 4.69) is 16.5 Å². The van der Waals surface area contributed by atoms with Crippen LogP contribution in [0.2, 0.25) is 0 Å². The molecule has 1 atom stereocenters. The molecule has 2 aliphatic carbocycles. The number of aliphatic hydroxyl groups excluding tert-OH is 1. The van der Waals surface area contributed by atoms with E-state index in [0.29, 0.717) is 19.1 Å². The van der Waals surface area contributed by atoms with E-state index in [-0.39, 0.29) is 11.7 Å². The van der Waals surface area contributed by atoms with E-state index in [1.807, 2.05) is 6.08 Å². The Morgan fingerprint density at radius 2 is 2.19 bits per heavy atom. The molecule has 0 saturated heterocycles. The topological polar surface area (TPSA) is 69.2 Å². The van der Waals surface area contributed by atoms with Crippen molar-refractivity contribution in [3.05, 3.63) is 39.3 Å². The fraction of sp³-hybridized carbons (Fsp3) is 0.600. The van der Waals surface area contributed by atoms with Gasteiger partial charge in [0.15, 0.2) is 0 Å². The van der Waals surface area contributed by atoms with E-state index in [4.69, 9.17) is 4.98 Å². The van der Waals surface area contributed by atoms with Gasteiger partial charge >= 0.3 is 0 Å². The molecule has 26 heavy (non-hydrogen) atoms. The highest BCUT2D eigenvalue weighted by Crippen LogP contribution is 2.34. The molecule has 4 rings (SSSR count). The van der Waals surface area contributed by atoms with E-state index >= 15 is 0 Å². The molecule has 2 N–H and O–H groups in total. The van der Waals surface area contributed by atoms with Crippen LogP contribution >= 0.6 is 11.3 Å². The number of thiophene rings is 1.